The summed E-state index contributed by atoms with van der Waals surface area (Å²) in [6.45, 7) is 11.7. The Morgan fingerprint density at radius 3 is 2.85 bits per heavy atom. The van der Waals surface area contributed by atoms with E-state index in [9.17, 15) is 0 Å². The number of rotatable bonds is 4. The van der Waals surface area contributed by atoms with Gasteiger partial charge in [0.2, 0.25) is 0 Å². The zero-order valence-corrected chi connectivity index (χ0v) is 13.3. The predicted octanol–water partition coefficient (Wildman–Crippen LogP) is 4.94. The maximum Gasteiger partial charge on any atom is 0.126 e. The topological polar surface area (TPSA) is 18.5 Å². The molecule has 1 aromatic rings. The van der Waals surface area contributed by atoms with Crippen molar-refractivity contribution in [3.63, 3.8) is 0 Å². The number of fused-ring (bicyclic) bond motifs is 1. The number of ether oxygens (including phenoxy) is 2. The van der Waals surface area contributed by atoms with Gasteiger partial charge in [-0.25, -0.2) is 0 Å². The average Bonchev–Trinajstić information content (AvgIpc) is 2.69. The lowest BCUT2D eigenvalue weighted by molar-refractivity contribution is 0.266. The van der Waals surface area contributed by atoms with Crippen molar-refractivity contribution in [3.8, 4) is 11.5 Å². The van der Waals surface area contributed by atoms with Crippen LogP contribution in [0.15, 0.2) is 30.4 Å². The molecule has 0 saturated carbocycles. The summed E-state index contributed by atoms with van der Waals surface area (Å²) in [7, 11) is 0. The normalized spacial score (nSPS) is 19.8. The highest BCUT2D eigenvalue weighted by Crippen LogP contribution is 2.36. The second kappa shape index (κ2) is 5.90. The molecule has 20 heavy (non-hydrogen) atoms. The van der Waals surface area contributed by atoms with Crippen LogP contribution in [-0.4, -0.2) is 12.7 Å². The Hall–Kier alpha value is -1.44. The van der Waals surface area contributed by atoms with E-state index in [0.29, 0.717) is 11.3 Å². The van der Waals surface area contributed by atoms with Crippen molar-refractivity contribution in [3.05, 3.63) is 35.9 Å². The summed E-state index contributed by atoms with van der Waals surface area (Å²) in [5, 5.41) is 0. The lowest BCUT2D eigenvalue weighted by Gasteiger charge is -2.16. The Morgan fingerprint density at radius 2 is 2.15 bits per heavy atom. The summed E-state index contributed by atoms with van der Waals surface area (Å²) in [5.41, 5.74) is 1.61. The Balaban J connectivity index is 1.94. The summed E-state index contributed by atoms with van der Waals surface area (Å²) in [6.07, 6.45) is 5.47. The standard InChI is InChI=1S/C18H26O2/c1-13-12-19-17-11-15(8-9-16(13)17)20-14(2)7-6-10-18(3,4)5/h6-9,11,13-14H,10,12H2,1-5H3/b7-6+. The summed E-state index contributed by atoms with van der Waals surface area (Å²) in [6, 6.07) is 6.17. The summed E-state index contributed by atoms with van der Waals surface area (Å²) < 4.78 is 11.6. The van der Waals surface area contributed by atoms with Crippen LogP contribution in [0.2, 0.25) is 0 Å². The molecule has 2 heteroatoms. The van der Waals surface area contributed by atoms with Crippen molar-refractivity contribution < 1.29 is 9.47 Å². The molecule has 1 heterocycles. The van der Waals surface area contributed by atoms with Gasteiger partial charge in [-0.15, -0.1) is 0 Å². The van der Waals surface area contributed by atoms with Gasteiger partial charge in [-0.3, -0.25) is 0 Å². The minimum Gasteiger partial charge on any atom is -0.493 e. The Bertz CT molecular complexity index is 483. The smallest absolute Gasteiger partial charge is 0.126 e. The number of hydrogen-bond donors (Lipinski definition) is 0. The van der Waals surface area contributed by atoms with Crippen LogP contribution in [0, 0.1) is 5.41 Å². The molecule has 2 unspecified atom stereocenters. The maximum absolute atomic E-state index is 5.92. The molecule has 2 nitrogen and oxygen atoms in total. The van der Waals surface area contributed by atoms with Gasteiger partial charge < -0.3 is 9.47 Å². The van der Waals surface area contributed by atoms with Crippen molar-refractivity contribution >= 4 is 0 Å². The van der Waals surface area contributed by atoms with Gasteiger partial charge in [-0.2, -0.15) is 0 Å². The zero-order chi connectivity index (χ0) is 14.8. The van der Waals surface area contributed by atoms with Gasteiger partial charge in [0, 0.05) is 17.5 Å². The van der Waals surface area contributed by atoms with Crippen molar-refractivity contribution in [1.29, 1.82) is 0 Å². The fraction of sp³-hybridized carbons (Fsp3) is 0.556. The monoisotopic (exact) mass is 274 g/mol. The summed E-state index contributed by atoms with van der Waals surface area (Å²) in [4.78, 5) is 0. The molecule has 110 valence electrons. The molecule has 1 aliphatic heterocycles. The molecule has 0 radical (unpaired) electrons. The Morgan fingerprint density at radius 1 is 1.40 bits per heavy atom. The Labute approximate surface area is 122 Å². The van der Waals surface area contributed by atoms with E-state index in [1.165, 1.54) is 5.56 Å². The minimum atomic E-state index is 0.0780. The van der Waals surface area contributed by atoms with Crippen molar-refractivity contribution in [2.45, 2.75) is 53.1 Å². The molecule has 0 saturated heterocycles. The van der Waals surface area contributed by atoms with Gasteiger partial charge in [0.1, 0.15) is 17.6 Å². The molecule has 1 aromatic carbocycles. The van der Waals surface area contributed by atoms with E-state index in [2.05, 4.69) is 52.8 Å². The lowest BCUT2D eigenvalue weighted by Crippen LogP contribution is -2.09. The largest absolute Gasteiger partial charge is 0.493 e. The van der Waals surface area contributed by atoms with Crippen LogP contribution in [0.25, 0.3) is 0 Å². The molecular formula is C18H26O2. The Kier molecular flexibility index (Phi) is 4.42. The molecule has 0 fully saturated rings. The van der Waals surface area contributed by atoms with Crippen LogP contribution in [-0.2, 0) is 0 Å². The molecule has 2 atom stereocenters. The molecule has 1 aliphatic rings. The lowest BCUT2D eigenvalue weighted by atomic mass is 9.92. The highest BCUT2D eigenvalue weighted by molar-refractivity contribution is 5.45. The fourth-order valence-corrected chi connectivity index (χ4v) is 2.29. The van der Waals surface area contributed by atoms with Crippen LogP contribution < -0.4 is 9.47 Å². The van der Waals surface area contributed by atoms with Crippen molar-refractivity contribution in [1.82, 2.24) is 0 Å². The first kappa shape index (κ1) is 15.0. The first-order valence-electron chi connectivity index (χ1n) is 7.45. The van der Waals surface area contributed by atoms with E-state index >= 15 is 0 Å². The first-order chi connectivity index (χ1) is 9.35. The SMILES string of the molecule is CC(/C=C/CC(C)(C)C)Oc1ccc2c(c1)OCC2C. The zero-order valence-electron chi connectivity index (χ0n) is 13.3. The van der Waals surface area contributed by atoms with E-state index in [-0.39, 0.29) is 6.10 Å². The molecule has 0 spiro atoms. The molecule has 0 aliphatic carbocycles. The van der Waals surface area contributed by atoms with E-state index in [1.807, 2.05) is 12.1 Å². The average molecular weight is 274 g/mol. The van der Waals surface area contributed by atoms with Gasteiger partial charge in [-0.05, 0) is 30.9 Å². The molecule has 0 N–H and O–H groups in total. The molecule has 0 bridgehead atoms. The summed E-state index contributed by atoms with van der Waals surface area (Å²) in [5.74, 6) is 2.34. The van der Waals surface area contributed by atoms with Gasteiger partial charge in [-0.1, -0.05) is 39.8 Å². The predicted molar refractivity (Wildman–Crippen MR) is 83.7 cm³/mol. The van der Waals surface area contributed by atoms with Crippen LogP contribution in [0.5, 0.6) is 11.5 Å². The number of hydrogen-bond acceptors (Lipinski definition) is 2. The van der Waals surface area contributed by atoms with Gasteiger partial charge >= 0.3 is 0 Å². The molecule has 0 aromatic heterocycles. The third-order valence-electron chi connectivity index (χ3n) is 3.46. The van der Waals surface area contributed by atoms with Crippen molar-refractivity contribution in [2.75, 3.05) is 6.61 Å². The second-order valence-electron chi connectivity index (χ2n) is 6.93. The highest BCUT2D eigenvalue weighted by Gasteiger charge is 2.20. The van der Waals surface area contributed by atoms with Gasteiger partial charge in [0.25, 0.3) is 0 Å². The van der Waals surface area contributed by atoms with E-state index in [1.54, 1.807) is 0 Å². The molecule has 0 amide bonds. The fourth-order valence-electron chi connectivity index (χ4n) is 2.29. The molecular weight excluding hydrogens is 248 g/mol. The number of benzene rings is 1. The van der Waals surface area contributed by atoms with Gasteiger partial charge in [0.05, 0.1) is 6.61 Å². The van der Waals surface area contributed by atoms with E-state index in [0.717, 1.165) is 24.5 Å². The minimum absolute atomic E-state index is 0.0780. The molecule has 2 rings (SSSR count). The second-order valence-corrected chi connectivity index (χ2v) is 6.93. The van der Waals surface area contributed by atoms with Crippen molar-refractivity contribution in [2.24, 2.45) is 5.41 Å². The highest BCUT2D eigenvalue weighted by atomic mass is 16.5. The summed E-state index contributed by atoms with van der Waals surface area (Å²) >= 11 is 0. The van der Waals surface area contributed by atoms with Crippen LogP contribution in [0.1, 0.15) is 52.5 Å². The van der Waals surface area contributed by atoms with Crippen LogP contribution >= 0.6 is 0 Å². The van der Waals surface area contributed by atoms with Crippen LogP contribution in [0.3, 0.4) is 0 Å². The van der Waals surface area contributed by atoms with E-state index in [4.69, 9.17) is 9.47 Å². The quantitative estimate of drug-likeness (QED) is 0.724. The third kappa shape index (κ3) is 4.03. The van der Waals surface area contributed by atoms with E-state index < -0.39 is 0 Å². The third-order valence-corrected chi connectivity index (χ3v) is 3.46. The first-order valence-corrected chi connectivity index (χ1v) is 7.45. The number of allylic oxidation sites excluding steroid dienone is 1. The maximum atomic E-state index is 5.92. The van der Waals surface area contributed by atoms with Crippen LogP contribution in [0.4, 0.5) is 0 Å². The van der Waals surface area contributed by atoms with Gasteiger partial charge in [0.15, 0.2) is 0 Å².